The summed E-state index contributed by atoms with van der Waals surface area (Å²) in [5.74, 6) is -0.587. The molecule has 15 heavy (non-hydrogen) atoms. The molecule has 0 aromatic rings. The van der Waals surface area contributed by atoms with Crippen LogP contribution in [0.1, 0.15) is 26.7 Å². The van der Waals surface area contributed by atoms with Crippen LogP contribution in [0.25, 0.3) is 0 Å². The first kappa shape index (κ1) is 14.3. The van der Waals surface area contributed by atoms with Gasteiger partial charge in [0.2, 0.25) is 0 Å². The van der Waals surface area contributed by atoms with E-state index >= 15 is 0 Å². The highest BCUT2D eigenvalue weighted by Crippen LogP contribution is 2.28. The van der Waals surface area contributed by atoms with Crippen LogP contribution < -0.4 is 5.73 Å². The molecule has 0 spiro atoms. The Labute approximate surface area is 90.1 Å². The van der Waals surface area contributed by atoms with Crippen molar-refractivity contribution >= 4 is 15.9 Å². The van der Waals surface area contributed by atoms with Crippen LogP contribution in [-0.2, 0) is 14.9 Å². The Morgan fingerprint density at radius 1 is 1.53 bits per heavy atom. The van der Waals surface area contributed by atoms with E-state index in [1.165, 1.54) is 0 Å². The SMILES string of the molecule is C=CC(=O)C(N)C(CC)(CC)S(=O)(=O)O. The second-order valence-electron chi connectivity index (χ2n) is 3.33. The molecule has 0 saturated carbocycles. The van der Waals surface area contributed by atoms with E-state index in [0.717, 1.165) is 6.08 Å². The number of hydrogen-bond donors (Lipinski definition) is 2. The summed E-state index contributed by atoms with van der Waals surface area (Å²) < 4.78 is 30.1. The van der Waals surface area contributed by atoms with Gasteiger partial charge in [-0.3, -0.25) is 9.35 Å². The van der Waals surface area contributed by atoms with Gasteiger partial charge < -0.3 is 5.73 Å². The summed E-state index contributed by atoms with van der Waals surface area (Å²) >= 11 is 0. The van der Waals surface area contributed by atoms with Crippen molar-refractivity contribution in [3.63, 3.8) is 0 Å². The summed E-state index contributed by atoms with van der Waals surface area (Å²) in [4.78, 5) is 11.3. The third kappa shape index (κ3) is 2.45. The molecular weight excluding hydrogens is 218 g/mol. The van der Waals surface area contributed by atoms with Crippen molar-refractivity contribution in [3.05, 3.63) is 12.7 Å². The van der Waals surface area contributed by atoms with Crippen molar-refractivity contribution < 1.29 is 17.8 Å². The Kier molecular flexibility index (Phi) is 4.64. The lowest BCUT2D eigenvalue weighted by molar-refractivity contribution is -0.116. The highest BCUT2D eigenvalue weighted by atomic mass is 32.2. The summed E-state index contributed by atoms with van der Waals surface area (Å²) in [5, 5.41) is 0. The minimum absolute atomic E-state index is 0.0725. The first-order valence-electron chi connectivity index (χ1n) is 4.65. The van der Waals surface area contributed by atoms with E-state index in [2.05, 4.69) is 6.58 Å². The van der Waals surface area contributed by atoms with Crippen LogP contribution in [0, 0.1) is 0 Å². The fourth-order valence-electron chi connectivity index (χ4n) is 1.60. The zero-order valence-electron chi connectivity index (χ0n) is 8.93. The first-order valence-corrected chi connectivity index (χ1v) is 6.09. The topological polar surface area (TPSA) is 97.5 Å². The fourth-order valence-corrected chi connectivity index (χ4v) is 2.77. The van der Waals surface area contributed by atoms with Crippen LogP contribution in [-0.4, -0.2) is 29.5 Å². The minimum atomic E-state index is -4.37. The third-order valence-electron chi connectivity index (χ3n) is 2.79. The lowest BCUT2D eigenvalue weighted by Gasteiger charge is -2.32. The number of rotatable bonds is 6. The van der Waals surface area contributed by atoms with Gasteiger partial charge in [-0.2, -0.15) is 8.42 Å². The van der Waals surface area contributed by atoms with Gasteiger partial charge in [-0.1, -0.05) is 20.4 Å². The molecular formula is C9H17NO4S. The Balaban J connectivity index is 5.49. The fraction of sp³-hybridized carbons (Fsp3) is 0.667. The molecule has 0 bridgehead atoms. The molecule has 3 N–H and O–H groups in total. The Morgan fingerprint density at radius 2 is 1.93 bits per heavy atom. The molecule has 0 rings (SSSR count). The van der Waals surface area contributed by atoms with Crippen LogP contribution in [0.3, 0.4) is 0 Å². The van der Waals surface area contributed by atoms with E-state index in [1.54, 1.807) is 13.8 Å². The molecule has 1 atom stereocenters. The van der Waals surface area contributed by atoms with Gasteiger partial charge in [0.05, 0.1) is 6.04 Å². The Bertz CT molecular complexity index is 343. The maximum atomic E-state index is 11.3. The number of hydrogen-bond acceptors (Lipinski definition) is 4. The van der Waals surface area contributed by atoms with E-state index < -0.39 is 26.7 Å². The van der Waals surface area contributed by atoms with Gasteiger partial charge in [0, 0.05) is 0 Å². The van der Waals surface area contributed by atoms with E-state index in [-0.39, 0.29) is 12.8 Å². The Hall–Kier alpha value is -0.720. The smallest absolute Gasteiger partial charge is 0.272 e. The van der Waals surface area contributed by atoms with E-state index in [0.29, 0.717) is 0 Å². The molecule has 6 heteroatoms. The molecule has 0 aromatic carbocycles. The molecule has 5 nitrogen and oxygen atoms in total. The van der Waals surface area contributed by atoms with Crippen molar-refractivity contribution in [2.75, 3.05) is 0 Å². The summed E-state index contributed by atoms with van der Waals surface area (Å²) in [6.45, 7) is 6.37. The second kappa shape index (κ2) is 4.87. The second-order valence-corrected chi connectivity index (χ2v) is 5.09. The molecule has 0 heterocycles. The monoisotopic (exact) mass is 235 g/mol. The Morgan fingerprint density at radius 3 is 2.13 bits per heavy atom. The van der Waals surface area contributed by atoms with Gasteiger partial charge in [-0.15, -0.1) is 0 Å². The summed E-state index contributed by atoms with van der Waals surface area (Å²) in [5.41, 5.74) is 5.55. The average molecular weight is 235 g/mol. The molecule has 0 aromatic heterocycles. The van der Waals surface area contributed by atoms with Gasteiger partial charge in [0.1, 0.15) is 4.75 Å². The van der Waals surface area contributed by atoms with Crippen molar-refractivity contribution in [1.82, 2.24) is 0 Å². The van der Waals surface area contributed by atoms with Crippen LogP contribution in [0.2, 0.25) is 0 Å². The van der Waals surface area contributed by atoms with Gasteiger partial charge in [-0.25, -0.2) is 0 Å². The van der Waals surface area contributed by atoms with Crippen LogP contribution in [0.5, 0.6) is 0 Å². The maximum Gasteiger partial charge on any atom is 0.272 e. The highest BCUT2D eigenvalue weighted by Gasteiger charge is 2.47. The lowest BCUT2D eigenvalue weighted by Crippen LogP contribution is -2.56. The molecule has 0 aliphatic rings. The number of nitrogens with two attached hydrogens (primary N) is 1. The molecule has 0 saturated heterocycles. The van der Waals surface area contributed by atoms with Gasteiger partial charge in [0.15, 0.2) is 5.78 Å². The van der Waals surface area contributed by atoms with Crippen molar-refractivity contribution in [2.45, 2.75) is 37.5 Å². The first-order chi connectivity index (χ1) is 6.76. The minimum Gasteiger partial charge on any atom is -0.320 e. The molecule has 88 valence electrons. The van der Waals surface area contributed by atoms with Crippen molar-refractivity contribution in [3.8, 4) is 0 Å². The number of ketones is 1. The predicted octanol–water partition coefficient (Wildman–Crippen LogP) is 0.515. The molecule has 0 fully saturated rings. The third-order valence-corrected chi connectivity index (χ3v) is 4.64. The molecule has 0 radical (unpaired) electrons. The quantitative estimate of drug-likeness (QED) is 0.516. The lowest BCUT2D eigenvalue weighted by atomic mass is 9.90. The molecule has 0 aliphatic carbocycles. The molecule has 0 amide bonds. The van der Waals surface area contributed by atoms with Crippen molar-refractivity contribution in [2.24, 2.45) is 5.73 Å². The largest absolute Gasteiger partial charge is 0.320 e. The van der Waals surface area contributed by atoms with E-state index in [4.69, 9.17) is 10.3 Å². The standard InChI is InChI=1S/C9H17NO4S/c1-4-7(11)8(10)9(5-2,6-3)15(12,13)14/h4,8H,1,5-6,10H2,2-3H3,(H,12,13,14). The highest BCUT2D eigenvalue weighted by molar-refractivity contribution is 7.87. The predicted molar refractivity (Wildman–Crippen MR) is 58.0 cm³/mol. The zero-order chi connectivity index (χ0) is 12.3. The average Bonchev–Trinajstić information content (AvgIpc) is 2.16. The van der Waals surface area contributed by atoms with Crippen molar-refractivity contribution in [1.29, 1.82) is 0 Å². The summed E-state index contributed by atoms with van der Waals surface area (Å²) in [6, 6.07) is -1.28. The molecule has 0 aliphatic heterocycles. The maximum absolute atomic E-state index is 11.3. The van der Waals surface area contributed by atoms with E-state index in [9.17, 15) is 13.2 Å². The number of carbonyl (C=O) groups excluding carboxylic acids is 1. The number of carbonyl (C=O) groups is 1. The zero-order valence-corrected chi connectivity index (χ0v) is 9.75. The van der Waals surface area contributed by atoms with Gasteiger partial charge in [0.25, 0.3) is 10.1 Å². The van der Waals surface area contributed by atoms with Crippen LogP contribution in [0.15, 0.2) is 12.7 Å². The van der Waals surface area contributed by atoms with Gasteiger partial charge in [-0.05, 0) is 18.9 Å². The van der Waals surface area contributed by atoms with Crippen LogP contribution >= 0.6 is 0 Å². The molecule has 1 unspecified atom stereocenters. The van der Waals surface area contributed by atoms with Gasteiger partial charge >= 0.3 is 0 Å². The summed E-state index contributed by atoms with van der Waals surface area (Å²) in [6.07, 6.45) is 1.11. The summed E-state index contributed by atoms with van der Waals surface area (Å²) in [7, 11) is -4.37. The van der Waals surface area contributed by atoms with E-state index in [1.807, 2.05) is 0 Å². The normalized spacial score (nSPS) is 14.7. The van der Waals surface area contributed by atoms with Crippen LogP contribution in [0.4, 0.5) is 0 Å².